The molecule has 1 aromatic rings. The normalized spacial score (nSPS) is 10.2. The lowest BCUT2D eigenvalue weighted by molar-refractivity contribution is 0.0208. The van der Waals surface area contributed by atoms with Gasteiger partial charge in [-0.2, -0.15) is 0 Å². The van der Waals surface area contributed by atoms with Crippen molar-refractivity contribution < 1.29 is 19.0 Å². The second-order valence-electron chi connectivity index (χ2n) is 2.98. The number of ether oxygens (including phenoxy) is 3. The maximum atomic E-state index is 11.4. The van der Waals surface area contributed by atoms with E-state index in [9.17, 15) is 4.79 Å². The quantitative estimate of drug-likeness (QED) is 0.537. The van der Waals surface area contributed by atoms with Gasteiger partial charge in [-0.1, -0.05) is 11.6 Å². The summed E-state index contributed by atoms with van der Waals surface area (Å²) in [5, 5.41) is 7.35. The molecule has 0 spiro atoms. The molecule has 0 aromatic carbocycles. The van der Waals surface area contributed by atoms with E-state index in [0.717, 1.165) is 0 Å². The van der Waals surface area contributed by atoms with Crippen LogP contribution in [-0.4, -0.2) is 49.7 Å². The molecule has 17 heavy (non-hydrogen) atoms. The minimum Gasteiger partial charge on any atom is -0.458 e. The van der Waals surface area contributed by atoms with E-state index >= 15 is 0 Å². The molecule has 0 N–H and O–H groups in total. The van der Waals surface area contributed by atoms with Crippen LogP contribution in [0.5, 0.6) is 0 Å². The van der Waals surface area contributed by atoms with Crippen LogP contribution in [0.1, 0.15) is 10.5 Å². The Morgan fingerprint density at radius 2 is 2.00 bits per heavy atom. The van der Waals surface area contributed by atoms with Crippen LogP contribution in [-0.2, 0) is 14.2 Å². The minimum absolute atomic E-state index is 0.117. The molecule has 0 radical (unpaired) electrons. The summed E-state index contributed by atoms with van der Waals surface area (Å²) in [5.41, 5.74) is 0.117. The molecular weight excluding hydrogens is 248 g/mol. The van der Waals surface area contributed by atoms with Gasteiger partial charge in [0.15, 0.2) is 10.8 Å². The summed E-state index contributed by atoms with van der Waals surface area (Å²) < 4.78 is 14.8. The van der Waals surface area contributed by atoms with Gasteiger partial charge >= 0.3 is 5.97 Å². The summed E-state index contributed by atoms with van der Waals surface area (Å²) in [6.07, 6.45) is 0. The zero-order chi connectivity index (χ0) is 12.5. The van der Waals surface area contributed by atoms with Gasteiger partial charge in [0, 0.05) is 7.11 Å². The number of carbonyl (C=O) groups excluding carboxylic acids is 1. The van der Waals surface area contributed by atoms with E-state index in [1.807, 2.05) is 0 Å². The van der Waals surface area contributed by atoms with Crippen LogP contribution in [0, 0.1) is 0 Å². The summed E-state index contributed by atoms with van der Waals surface area (Å²) in [6.45, 7) is 1.45. The number of methoxy groups -OCH3 is 1. The first kappa shape index (κ1) is 13.8. The maximum Gasteiger partial charge on any atom is 0.358 e. The Balaban J connectivity index is 2.19. The van der Waals surface area contributed by atoms with Crippen molar-refractivity contribution in [2.24, 2.45) is 0 Å². The van der Waals surface area contributed by atoms with Gasteiger partial charge in [-0.05, 0) is 12.1 Å². The number of carbonyl (C=O) groups is 1. The summed E-state index contributed by atoms with van der Waals surface area (Å²) >= 11 is 5.53. The molecule has 1 heterocycles. The van der Waals surface area contributed by atoms with Crippen molar-refractivity contribution in [1.29, 1.82) is 0 Å². The van der Waals surface area contributed by atoms with E-state index in [-0.39, 0.29) is 17.5 Å². The maximum absolute atomic E-state index is 11.4. The molecule has 0 aliphatic heterocycles. The van der Waals surface area contributed by atoms with Crippen LogP contribution in [0.3, 0.4) is 0 Å². The Hall–Kier alpha value is -1.24. The molecule has 7 heteroatoms. The third-order valence-electron chi connectivity index (χ3n) is 1.73. The monoisotopic (exact) mass is 260 g/mol. The minimum atomic E-state index is -0.551. The van der Waals surface area contributed by atoms with Crippen molar-refractivity contribution in [3.05, 3.63) is 23.0 Å². The fourth-order valence-corrected chi connectivity index (χ4v) is 1.04. The highest BCUT2D eigenvalue weighted by molar-refractivity contribution is 6.29. The molecule has 0 amide bonds. The summed E-state index contributed by atoms with van der Waals surface area (Å²) in [4.78, 5) is 11.4. The molecule has 0 saturated carbocycles. The molecule has 0 unspecified atom stereocenters. The first-order chi connectivity index (χ1) is 8.24. The number of halogens is 1. The first-order valence-electron chi connectivity index (χ1n) is 4.97. The van der Waals surface area contributed by atoms with E-state index < -0.39 is 5.97 Å². The van der Waals surface area contributed by atoms with E-state index in [2.05, 4.69) is 10.2 Å². The van der Waals surface area contributed by atoms with Crippen LogP contribution in [0.25, 0.3) is 0 Å². The number of aromatic nitrogens is 2. The molecule has 0 saturated heterocycles. The third kappa shape index (κ3) is 5.58. The van der Waals surface area contributed by atoms with Gasteiger partial charge in [-0.25, -0.2) is 4.79 Å². The number of nitrogens with zero attached hydrogens (tertiary/aromatic N) is 2. The van der Waals surface area contributed by atoms with Crippen LogP contribution < -0.4 is 0 Å². The second kappa shape index (κ2) is 7.94. The number of rotatable bonds is 7. The van der Waals surface area contributed by atoms with Crippen LogP contribution >= 0.6 is 11.6 Å². The molecule has 0 bridgehead atoms. The summed E-state index contributed by atoms with van der Waals surface area (Å²) in [5.74, 6) is -0.551. The summed E-state index contributed by atoms with van der Waals surface area (Å²) in [7, 11) is 1.59. The van der Waals surface area contributed by atoms with Crippen LogP contribution in [0.4, 0.5) is 0 Å². The van der Waals surface area contributed by atoms with Gasteiger partial charge < -0.3 is 14.2 Å². The van der Waals surface area contributed by atoms with Gasteiger partial charge in [0.05, 0.1) is 19.8 Å². The van der Waals surface area contributed by atoms with E-state index in [0.29, 0.717) is 19.8 Å². The highest BCUT2D eigenvalue weighted by atomic mass is 35.5. The molecule has 1 rings (SSSR count). The molecule has 94 valence electrons. The van der Waals surface area contributed by atoms with E-state index in [4.69, 9.17) is 25.8 Å². The Labute approximate surface area is 104 Å². The SMILES string of the molecule is COCCOCCOC(=O)c1ccc(Cl)nn1. The van der Waals surface area contributed by atoms with Crippen molar-refractivity contribution in [2.75, 3.05) is 33.5 Å². The fourth-order valence-electron chi connectivity index (χ4n) is 0.936. The van der Waals surface area contributed by atoms with Gasteiger partial charge in [-0.15, -0.1) is 10.2 Å². The predicted octanol–water partition coefficient (Wildman–Crippen LogP) is 0.950. The standard InChI is InChI=1S/C10H13ClN2O4/c1-15-4-5-16-6-7-17-10(14)8-2-3-9(11)13-12-8/h2-3H,4-7H2,1H3. The van der Waals surface area contributed by atoms with Crippen LogP contribution in [0.2, 0.25) is 5.15 Å². The Morgan fingerprint density at radius 3 is 2.65 bits per heavy atom. The second-order valence-corrected chi connectivity index (χ2v) is 3.37. The molecule has 0 aliphatic rings. The number of esters is 1. The number of hydrogen-bond acceptors (Lipinski definition) is 6. The largest absolute Gasteiger partial charge is 0.458 e. The molecule has 6 nitrogen and oxygen atoms in total. The smallest absolute Gasteiger partial charge is 0.358 e. The topological polar surface area (TPSA) is 70.5 Å². The lowest BCUT2D eigenvalue weighted by Gasteiger charge is -2.04. The van der Waals surface area contributed by atoms with Crippen molar-refractivity contribution in [3.8, 4) is 0 Å². The first-order valence-corrected chi connectivity index (χ1v) is 5.35. The van der Waals surface area contributed by atoms with Gasteiger partial charge in [0.2, 0.25) is 0 Å². The van der Waals surface area contributed by atoms with Crippen molar-refractivity contribution in [3.63, 3.8) is 0 Å². The van der Waals surface area contributed by atoms with Crippen molar-refractivity contribution in [2.45, 2.75) is 0 Å². The fraction of sp³-hybridized carbons (Fsp3) is 0.500. The third-order valence-corrected chi connectivity index (χ3v) is 1.94. The van der Waals surface area contributed by atoms with Crippen molar-refractivity contribution >= 4 is 17.6 Å². The summed E-state index contributed by atoms with van der Waals surface area (Å²) in [6, 6.07) is 2.92. The zero-order valence-electron chi connectivity index (χ0n) is 9.39. The molecule has 0 fully saturated rings. The molecule has 0 atom stereocenters. The van der Waals surface area contributed by atoms with Crippen LogP contribution in [0.15, 0.2) is 12.1 Å². The number of hydrogen-bond donors (Lipinski definition) is 0. The van der Waals surface area contributed by atoms with Gasteiger partial charge in [0.1, 0.15) is 6.61 Å². The molecule has 1 aromatic heterocycles. The lowest BCUT2D eigenvalue weighted by atomic mass is 10.4. The lowest BCUT2D eigenvalue weighted by Crippen LogP contribution is -2.13. The van der Waals surface area contributed by atoms with E-state index in [1.54, 1.807) is 7.11 Å². The molecule has 0 aliphatic carbocycles. The van der Waals surface area contributed by atoms with E-state index in [1.165, 1.54) is 12.1 Å². The molecular formula is C10H13ClN2O4. The Bertz CT molecular complexity index is 345. The average Bonchev–Trinajstić information content (AvgIpc) is 2.34. The highest BCUT2D eigenvalue weighted by Gasteiger charge is 2.08. The van der Waals surface area contributed by atoms with Crippen molar-refractivity contribution in [1.82, 2.24) is 10.2 Å². The zero-order valence-corrected chi connectivity index (χ0v) is 10.1. The average molecular weight is 261 g/mol. The highest BCUT2D eigenvalue weighted by Crippen LogP contribution is 2.03. The Morgan fingerprint density at radius 1 is 1.24 bits per heavy atom. The van der Waals surface area contributed by atoms with Gasteiger partial charge in [0.25, 0.3) is 0 Å². The Kier molecular flexibility index (Phi) is 6.46. The predicted molar refractivity (Wildman–Crippen MR) is 60.0 cm³/mol. The van der Waals surface area contributed by atoms with Gasteiger partial charge in [-0.3, -0.25) is 0 Å².